The lowest BCUT2D eigenvalue weighted by atomic mass is 10.0. The van der Waals surface area contributed by atoms with Crippen molar-refractivity contribution in [3.8, 4) is 0 Å². The molecule has 0 aliphatic heterocycles. The third kappa shape index (κ3) is 5.11. The molecule has 2 heterocycles. The summed E-state index contributed by atoms with van der Waals surface area (Å²) in [5.41, 5.74) is 1.67. The van der Waals surface area contributed by atoms with E-state index in [1.807, 2.05) is 0 Å². The Balaban J connectivity index is 1.30. The van der Waals surface area contributed by atoms with Gasteiger partial charge in [-0.3, -0.25) is 4.79 Å². The Kier molecular flexibility index (Phi) is 6.51. The van der Waals surface area contributed by atoms with Crippen LogP contribution in [-0.4, -0.2) is 32.2 Å². The second kappa shape index (κ2) is 9.65. The van der Waals surface area contributed by atoms with Crippen LogP contribution in [0, 0.1) is 11.7 Å². The maximum atomic E-state index is 13.0. The van der Waals surface area contributed by atoms with E-state index in [9.17, 15) is 9.18 Å². The van der Waals surface area contributed by atoms with Crippen LogP contribution in [0.25, 0.3) is 11.0 Å². The number of fused-ring (bicyclic) bond motifs is 1. The van der Waals surface area contributed by atoms with Gasteiger partial charge in [0, 0.05) is 19.5 Å². The molecule has 1 aromatic carbocycles. The molecule has 7 nitrogen and oxygen atoms in total. The molecule has 2 aromatic heterocycles. The largest absolute Gasteiger partial charge is 0.365 e. The van der Waals surface area contributed by atoms with Crippen molar-refractivity contribution < 1.29 is 9.18 Å². The van der Waals surface area contributed by atoms with E-state index >= 15 is 0 Å². The van der Waals surface area contributed by atoms with Gasteiger partial charge >= 0.3 is 0 Å². The minimum atomic E-state index is -0.255. The summed E-state index contributed by atoms with van der Waals surface area (Å²) in [6, 6.07) is 6.35. The lowest BCUT2D eigenvalue weighted by Gasteiger charge is -2.10. The number of hydrogen-bond donors (Lipinski definition) is 2. The van der Waals surface area contributed by atoms with Crippen molar-refractivity contribution in [2.24, 2.45) is 5.92 Å². The van der Waals surface area contributed by atoms with Crippen molar-refractivity contribution in [3.63, 3.8) is 0 Å². The molecule has 1 amide bonds. The predicted molar refractivity (Wildman–Crippen MR) is 113 cm³/mol. The molecule has 0 atom stereocenters. The van der Waals surface area contributed by atoms with Crippen LogP contribution in [0.2, 0.25) is 0 Å². The Labute approximate surface area is 175 Å². The summed E-state index contributed by atoms with van der Waals surface area (Å²) in [5, 5.41) is 11.5. The van der Waals surface area contributed by atoms with Crippen LogP contribution in [0.3, 0.4) is 0 Å². The number of nitrogens with one attached hydrogen (secondary N) is 2. The fourth-order valence-corrected chi connectivity index (χ4v) is 4.01. The second-order valence-corrected chi connectivity index (χ2v) is 7.85. The van der Waals surface area contributed by atoms with Crippen LogP contribution in [0.1, 0.15) is 44.1 Å². The number of carbonyl (C=O) groups excluding carboxylic acids is 1. The van der Waals surface area contributed by atoms with E-state index in [2.05, 4.69) is 25.7 Å². The Bertz CT molecular complexity index is 981. The highest BCUT2D eigenvalue weighted by Crippen LogP contribution is 2.28. The van der Waals surface area contributed by atoms with E-state index in [0.29, 0.717) is 37.5 Å². The van der Waals surface area contributed by atoms with Gasteiger partial charge < -0.3 is 10.6 Å². The summed E-state index contributed by atoms with van der Waals surface area (Å²) in [7, 11) is 0. The van der Waals surface area contributed by atoms with E-state index in [1.165, 1.54) is 44.1 Å². The molecular weight excluding hydrogens is 383 g/mol. The molecule has 4 rings (SSSR count). The lowest BCUT2D eigenvalue weighted by Crippen LogP contribution is -2.27. The van der Waals surface area contributed by atoms with Crippen LogP contribution in [0.15, 0.2) is 36.8 Å². The van der Waals surface area contributed by atoms with Gasteiger partial charge in [-0.2, -0.15) is 5.10 Å². The average Bonchev–Trinajstić information content (AvgIpc) is 3.42. The maximum absolute atomic E-state index is 13.0. The first kappa shape index (κ1) is 20.3. The molecule has 3 aromatic rings. The molecule has 0 bridgehead atoms. The summed E-state index contributed by atoms with van der Waals surface area (Å²) in [5.74, 6) is 1.25. The molecular formula is C22H27FN6O. The molecule has 8 heteroatoms. The molecule has 0 spiro atoms. The van der Waals surface area contributed by atoms with Crippen molar-refractivity contribution in [1.82, 2.24) is 25.1 Å². The third-order valence-electron chi connectivity index (χ3n) is 5.71. The molecule has 1 fully saturated rings. The summed E-state index contributed by atoms with van der Waals surface area (Å²) < 4.78 is 14.8. The van der Waals surface area contributed by atoms with Gasteiger partial charge in [0.15, 0.2) is 5.65 Å². The number of nitrogens with zero attached hydrogens (tertiary/aromatic N) is 4. The van der Waals surface area contributed by atoms with E-state index in [4.69, 9.17) is 0 Å². The summed E-state index contributed by atoms with van der Waals surface area (Å²) in [6.07, 6.45) is 9.96. The van der Waals surface area contributed by atoms with Crippen molar-refractivity contribution in [1.29, 1.82) is 0 Å². The standard InChI is InChI=1S/C22H27FN6O/c23-18-8-5-17(6-9-18)13-25-21-19-14-28-29(22(19)27-15-26-21)12-11-24-20(30)10-7-16-3-1-2-4-16/h5-6,8-9,14-16H,1-4,7,10-13H2,(H,24,30)(H,25,26,27). The topological polar surface area (TPSA) is 84.7 Å². The monoisotopic (exact) mass is 410 g/mol. The highest BCUT2D eigenvalue weighted by Gasteiger charge is 2.16. The van der Waals surface area contributed by atoms with Crippen molar-refractivity contribution in [3.05, 3.63) is 48.2 Å². The van der Waals surface area contributed by atoms with Gasteiger partial charge in [0.1, 0.15) is 18.0 Å². The summed E-state index contributed by atoms with van der Waals surface area (Å²) in [4.78, 5) is 20.7. The Hall–Kier alpha value is -3.03. The summed E-state index contributed by atoms with van der Waals surface area (Å²) in [6.45, 7) is 1.59. The van der Waals surface area contributed by atoms with Crippen LogP contribution < -0.4 is 10.6 Å². The minimum Gasteiger partial charge on any atom is -0.365 e. The summed E-state index contributed by atoms with van der Waals surface area (Å²) >= 11 is 0. The number of carbonyl (C=O) groups is 1. The zero-order chi connectivity index (χ0) is 20.8. The first-order valence-corrected chi connectivity index (χ1v) is 10.6. The normalized spacial score (nSPS) is 14.3. The van der Waals surface area contributed by atoms with Crippen molar-refractivity contribution in [2.45, 2.75) is 51.6 Å². The van der Waals surface area contributed by atoms with E-state index in [0.717, 1.165) is 23.3 Å². The number of benzene rings is 1. The Morgan fingerprint density at radius 2 is 1.97 bits per heavy atom. The molecule has 0 unspecified atom stereocenters. The fraction of sp³-hybridized carbons (Fsp3) is 0.455. The quantitative estimate of drug-likeness (QED) is 0.562. The van der Waals surface area contributed by atoms with Gasteiger partial charge in [0.25, 0.3) is 0 Å². The smallest absolute Gasteiger partial charge is 0.220 e. The predicted octanol–water partition coefficient (Wildman–Crippen LogP) is 3.66. The molecule has 1 aliphatic rings. The van der Waals surface area contributed by atoms with Gasteiger partial charge in [-0.1, -0.05) is 37.8 Å². The average molecular weight is 410 g/mol. The lowest BCUT2D eigenvalue weighted by molar-refractivity contribution is -0.121. The molecule has 2 N–H and O–H groups in total. The zero-order valence-electron chi connectivity index (χ0n) is 17.0. The first-order valence-electron chi connectivity index (χ1n) is 10.6. The molecule has 1 saturated carbocycles. The van der Waals surface area contributed by atoms with E-state index < -0.39 is 0 Å². The van der Waals surface area contributed by atoms with E-state index in [-0.39, 0.29) is 11.7 Å². The van der Waals surface area contributed by atoms with Crippen LogP contribution in [0.4, 0.5) is 10.2 Å². The number of halogens is 1. The van der Waals surface area contributed by atoms with Gasteiger partial charge in [-0.05, 0) is 30.0 Å². The Morgan fingerprint density at radius 1 is 1.17 bits per heavy atom. The van der Waals surface area contributed by atoms with Crippen molar-refractivity contribution >= 4 is 22.8 Å². The molecule has 0 saturated heterocycles. The van der Waals surface area contributed by atoms with E-state index in [1.54, 1.807) is 23.0 Å². The number of hydrogen-bond acceptors (Lipinski definition) is 5. The fourth-order valence-electron chi connectivity index (χ4n) is 4.01. The number of rotatable bonds is 9. The number of aromatic nitrogens is 4. The minimum absolute atomic E-state index is 0.106. The number of anilines is 1. The van der Waals surface area contributed by atoms with Gasteiger partial charge in [-0.25, -0.2) is 19.0 Å². The maximum Gasteiger partial charge on any atom is 0.220 e. The Morgan fingerprint density at radius 3 is 2.77 bits per heavy atom. The zero-order valence-corrected chi connectivity index (χ0v) is 17.0. The van der Waals surface area contributed by atoms with Crippen LogP contribution >= 0.6 is 0 Å². The van der Waals surface area contributed by atoms with Gasteiger partial charge in [-0.15, -0.1) is 0 Å². The molecule has 30 heavy (non-hydrogen) atoms. The molecule has 0 radical (unpaired) electrons. The van der Waals surface area contributed by atoms with Gasteiger partial charge in [0.05, 0.1) is 18.1 Å². The highest BCUT2D eigenvalue weighted by molar-refractivity contribution is 5.86. The second-order valence-electron chi connectivity index (χ2n) is 7.85. The van der Waals surface area contributed by atoms with Crippen LogP contribution in [-0.2, 0) is 17.9 Å². The highest BCUT2D eigenvalue weighted by atomic mass is 19.1. The number of amides is 1. The third-order valence-corrected chi connectivity index (χ3v) is 5.71. The van der Waals surface area contributed by atoms with Crippen LogP contribution in [0.5, 0.6) is 0 Å². The SMILES string of the molecule is O=C(CCC1CCCC1)NCCn1ncc2c(NCc3ccc(F)cc3)ncnc21. The molecule has 158 valence electrons. The first-order chi connectivity index (χ1) is 14.7. The van der Waals surface area contributed by atoms with Crippen molar-refractivity contribution in [2.75, 3.05) is 11.9 Å². The van der Waals surface area contributed by atoms with Gasteiger partial charge in [0.2, 0.25) is 5.91 Å². The molecule has 1 aliphatic carbocycles.